The number of para-hydroxylation sites is 2. The molecule has 3 aliphatic heterocycles. The lowest BCUT2D eigenvalue weighted by Gasteiger charge is -2.52. The first-order valence-corrected chi connectivity index (χ1v) is 15.8. The summed E-state index contributed by atoms with van der Waals surface area (Å²) in [5, 5.41) is 9.61. The zero-order chi connectivity index (χ0) is 25.6. The minimum absolute atomic E-state index is 0.111. The lowest BCUT2D eigenvalue weighted by atomic mass is 9.73. The third-order valence-corrected chi connectivity index (χ3v) is 11.1. The van der Waals surface area contributed by atoms with E-state index in [4.69, 9.17) is 4.98 Å². The monoisotopic (exact) mass is 518 g/mol. The molecule has 3 saturated carbocycles. The van der Waals surface area contributed by atoms with Crippen LogP contribution in [-0.2, 0) is 4.79 Å². The van der Waals surface area contributed by atoms with Crippen LogP contribution in [0.15, 0.2) is 24.3 Å². The Balaban J connectivity index is 1.22. The summed E-state index contributed by atoms with van der Waals surface area (Å²) < 4.78 is 2.63. The lowest BCUT2D eigenvalue weighted by molar-refractivity contribution is -0.138. The molecule has 6 nitrogen and oxygen atoms in total. The topological polar surface area (TPSA) is 61.6 Å². The summed E-state index contributed by atoms with van der Waals surface area (Å²) >= 11 is 0. The standard InChI is InChI=1S/C32H46N4O2/c37-31(38)21-34-15-7-14-29(34)32-33-27-12-5-6-13-28(27)36(32)30-19-25-11-4-3-10-24(30)20-35(25)26-17-22-8-1-2-9-23(16-22)18-26/h5-6,12-13,22-26,29-30H,1-4,7-11,14-21H2,(H,37,38). The van der Waals surface area contributed by atoms with Crippen LogP contribution < -0.4 is 0 Å². The van der Waals surface area contributed by atoms with Crippen molar-refractivity contribution in [1.82, 2.24) is 19.4 Å². The predicted octanol–water partition coefficient (Wildman–Crippen LogP) is 6.42. The summed E-state index contributed by atoms with van der Waals surface area (Å²) in [7, 11) is 0. The summed E-state index contributed by atoms with van der Waals surface area (Å²) in [6, 6.07) is 10.7. The van der Waals surface area contributed by atoms with E-state index in [-0.39, 0.29) is 12.6 Å². The molecule has 3 saturated heterocycles. The van der Waals surface area contributed by atoms with Gasteiger partial charge in [-0.3, -0.25) is 14.6 Å². The van der Waals surface area contributed by atoms with Gasteiger partial charge in [0.2, 0.25) is 0 Å². The Hall–Kier alpha value is -1.92. The van der Waals surface area contributed by atoms with Crippen molar-refractivity contribution in [3.05, 3.63) is 30.1 Å². The normalized spacial score (nSPS) is 36.7. The van der Waals surface area contributed by atoms with E-state index >= 15 is 0 Å². The molecule has 0 amide bonds. The molecular weight excluding hydrogens is 472 g/mol. The maximum atomic E-state index is 11.7. The molecule has 8 rings (SSSR count). The zero-order valence-electron chi connectivity index (χ0n) is 23.0. The second kappa shape index (κ2) is 10.6. The molecule has 3 aliphatic carbocycles. The number of piperidine rings is 1. The molecule has 6 heteroatoms. The maximum Gasteiger partial charge on any atom is 0.317 e. The second-order valence-corrected chi connectivity index (χ2v) is 13.4. The molecule has 4 bridgehead atoms. The van der Waals surface area contributed by atoms with Gasteiger partial charge in [0.1, 0.15) is 5.82 Å². The van der Waals surface area contributed by atoms with Crippen LogP contribution in [-0.4, -0.2) is 62.1 Å². The molecule has 4 heterocycles. The fourth-order valence-electron chi connectivity index (χ4n) is 9.53. The summed E-state index contributed by atoms with van der Waals surface area (Å²) in [6.45, 7) is 2.21. The minimum atomic E-state index is -0.728. The summed E-state index contributed by atoms with van der Waals surface area (Å²) in [4.78, 5) is 22.1. The highest BCUT2D eigenvalue weighted by Gasteiger charge is 2.44. The van der Waals surface area contributed by atoms with Crippen molar-refractivity contribution in [3.8, 4) is 0 Å². The van der Waals surface area contributed by atoms with Gasteiger partial charge in [-0.1, -0.05) is 50.7 Å². The van der Waals surface area contributed by atoms with Crippen molar-refractivity contribution >= 4 is 17.0 Å². The number of carboxylic acids is 1. The van der Waals surface area contributed by atoms with Crippen molar-refractivity contribution in [2.75, 3.05) is 19.6 Å². The highest BCUT2D eigenvalue weighted by Crippen LogP contribution is 2.47. The van der Waals surface area contributed by atoms with Gasteiger partial charge in [-0.15, -0.1) is 0 Å². The van der Waals surface area contributed by atoms with Gasteiger partial charge in [0.25, 0.3) is 0 Å². The molecule has 206 valence electrons. The fourth-order valence-corrected chi connectivity index (χ4v) is 9.53. The Bertz CT molecular complexity index is 1130. The van der Waals surface area contributed by atoms with Crippen molar-refractivity contribution in [2.24, 2.45) is 17.8 Å². The van der Waals surface area contributed by atoms with Gasteiger partial charge in [0.05, 0.1) is 23.6 Å². The Morgan fingerprint density at radius 3 is 2.45 bits per heavy atom. The highest BCUT2D eigenvalue weighted by molar-refractivity contribution is 5.76. The molecule has 6 atom stereocenters. The van der Waals surface area contributed by atoms with E-state index in [0.717, 1.165) is 48.6 Å². The average molecular weight is 519 g/mol. The van der Waals surface area contributed by atoms with E-state index in [0.29, 0.717) is 18.0 Å². The number of aromatic nitrogens is 2. The Kier molecular flexibility index (Phi) is 6.98. The van der Waals surface area contributed by atoms with Gasteiger partial charge < -0.3 is 9.67 Å². The molecule has 1 N–H and O–H groups in total. The van der Waals surface area contributed by atoms with Gasteiger partial charge >= 0.3 is 5.97 Å². The van der Waals surface area contributed by atoms with Gasteiger partial charge in [-0.05, 0) is 87.8 Å². The molecule has 6 fully saturated rings. The highest BCUT2D eigenvalue weighted by atomic mass is 16.4. The first-order chi connectivity index (χ1) is 18.6. The first-order valence-electron chi connectivity index (χ1n) is 15.8. The molecule has 1 aromatic heterocycles. The van der Waals surface area contributed by atoms with Crippen molar-refractivity contribution in [2.45, 2.75) is 114 Å². The van der Waals surface area contributed by atoms with Crippen LogP contribution in [0, 0.1) is 17.8 Å². The number of hydrogen-bond acceptors (Lipinski definition) is 4. The van der Waals surface area contributed by atoms with Crippen molar-refractivity contribution in [1.29, 1.82) is 0 Å². The van der Waals surface area contributed by atoms with Crippen LogP contribution in [0.1, 0.15) is 108 Å². The summed E-state index contributed by atoms with van der Waals surface area (Å²) in [5.41, 5.74) is 2.34. The number of benzene rings is 1. The second-order valence-electron chi connectivity index (χ2n) is 13.4. The van der Waals surface area contributed by atoms with Gasteiger partial charge in [0, 0.05) is 24.7 Å². The van der Waals surface area contributed by atoms with E-state index in [2.05, 4.69) is 38.6 Å². The predicted molar refractivity (Wildman–Crippen MR) is 150 cm³/mol. The lowest BCUT2D eigenvalue weighted by Crippen LogP contribution is -2.55. The Morgan fingerprint density at radius 2 is 1.63 bits per heavy atom. The minimum Gasteiger partial charge on any atom is -0.480 e. The van der Waals surface area contributed by atoms with Crippen LogP contribution >= 0.6 is 0 Å². The number of nitrogens with zero attached hydrogens (tertiary/aromatic N) is 4. The van der Waals surface area contributed by atoms with E-state index < -0.39 is 5.97 Å². The molecule has 38 heavy (non-hydrogen) atoms. The smallest absolute Gasteiger partial charge is 0.317 e. The van der Waals surface area contributed by atoms with Gasteiger partial charge in [-0.2, -0.15) is 0 Å². The number of carboxylic acid groups (broad SMARTS) is 1. The number of hydrogen-bond donors (Lipinski definition) is 1. The number of likely N-dealkylation sites (tertiary alicyclic amines) is 1. The number of imidazole rings is 1. The molecule has 6 unspecified atom stereocenters. The average Bonchev–Trinajstić information content (AvgIpc) is 3.45. The molecule has 6 aliphatic rings. The number of fused-ring (bicyclic) bond motifs is 8. The first kappa shape index (κ1) is 25.1. The van der Waals surface area contributed by atoms with Crippen LogP contribution in [0.5, 0.6) is 0 Å². The Labute approximate surface area is 227 Å². The van der Waals surface area contributed by atoms with Crippen LogP contribution in [0.4, 0.5) is 0 Å². The number of aliphatic carboxylic acids is 1. The van der Waals surface area contributed by atoms with Crippen LogP contribution in [0.3, 0.4) is 0 Å². The third kappa shape index (κ3) is 4.70. The maximum absolute atomic E-state index is 11.7. The fraction of sp³-hybridized carbons (Fsp3) is 0.750. The van der Waals surface area contributed by atoms with Crippen molar-refractivity contribution in [3.63, 3.8) is 0 Å². The van der Waals surface area contributed by atoms with Crippen LogP contribution in [0.25, 0.3) is 11.0 Å². The summed E-state index contributed by atoms with van der Waals surface area (Å²) in [5.74, 6) is 2.99. The van der Waals surface area contributed by atoms with E-state index in [1.54, 1.807) is 0 Å². The third-order valence-electron chi connectivity index (χ3n) is 11.1. The zero-order valence-corrected chi connectivity index (χ0v) is 23.0. The molecule has 0 spiro atoms. The molecule has 2 aromatic rings. The largest absolute Gasteiger partial charge is 0.480 e. The number of rotatable bonds is 5. The van der Waals surface area contributed by atoms with Crippen molar-refractivity contribution < 1.29 is 9.90 Å². The van der Waals surface area contributed by atoms with E-state index in [1.807, 2.05) is 0 Å². The van der Waals surface area contributed by atoms with Gasteiger partial charge in [-0.25, -0.2) is 4.98 Å². The molecule has 0 radical (unpaired) electrons. The van der Waals surface area contributed by atoms with E-state index in [1.165, 1.54) is 89.1 Å². The molecule has 1 aromatic carbocycles. The summed E-state index contributed by atoms with van der Waals surface area (Å²) in [6.07, 6.45) is 18.9. The van der Waals surface area contributed by atoms with Crippen LogP contribution in [0.2, 0.25) is 0 Å². The Morgan fingerprint density at radius 1 is 0.868 bits per heavy atom. The molecular formula is C32H46N4O2. The number of carbonyl (C=O) groups is 1. The van der Waals surface area contributed by atoms with E-state index in [9.17, 15) is 9.90 Å². The SMILES string of the molecule is O=C(O)CN1CCCC1c1nc2ccccc2n1C1CC2CCCCC1CN2C1CC2CCCCC(C2)C1. The van der Waals surface area contributed by atoms with Gasteiger partial charge in [0.15, 0.2) is 0 Å². The quantitative estimate of drug-likeness (QED) is 0.495.